The van der Waals surface area contributed by atoms with E-state index in [4.69, 9.17) is 4.74 Å². The molecule has 0 aliphatic heterocycles. The number of halogens is 1. The molecule has 6 heteroatoms. The van der Waals surface area contributed by atoms with Gasteiger partial charge in [0.15, 0.2) is 0 Å². The molecule has 1 atom stereocenters. The first kappa shape index (κ1) is 19.4. The van der Waals surface area contributed by atoms with Crippen molar-refractivity contribution in [3.8, 4) is 11.5 Å². The summed E-state index contributed by atoms with van der Waals surface area (Å²) in [5, 5.41) is 15.4. The molecular formula is C23H20IN3O2. The molecule has 0 unspecified atom stereocenters. The van der Waals surface area contributed by atoms with E-state index in [0.29, 0.717) is 11.1 Å². The summed E-state index contributed by atoms with van der Waals surface area (Å²) in [5.74, 6) is 1.60. The molecule has 4 rings (SSSR count). The van der Waals surface area contributed by atoms with Crippen molar-refractivity contribution in [2.75, 3.05) is 12.4 Å². The predicted octanol–water partition coefficient (Wildman–Crippen LogP) is 5.46. The summed E-state index contributed by atoms with van der Waals surface area (Å²) >= 11 is 2.28. The molecule has 0 fully saturated rings. The van der Waals surface area contributed by atoms with E-state index in [2.05, 4.69) is 43.9 Å². The second-order valence-electron chi connectivity index (χ2n) is 6.76. The third-order valence-corrected chi connectivity index (χ3v) is 5.47. The van der Waals surface area contributed by atoms with Gasteiger partial charge in [-0.15, -0.1) is 0 Å². The summed E-state index contributed by atoms with van der Waals surface area (Å²) in [6.45, 7) is 2.02. The van der Waals surface area contributed by atoms with Gasteiger partial charge in [-0.05, 0) is 71.5 Å². The van der Waals surface area contributed by atoms with Crippen LogP contribution in [-0.2, 0) is 0 Å². The van der Waals surface area contributed by atoms with Gasteiger partial charge >= 0.3 is 0 Å². The molecule has 0 aliphatic rings. The molecule has 0 aliphatic carbocycles. The Hall–Kier alpha value is -2.87. The average molecular weight is 497 g/mol. The minimum absolute atomic E-state index is 0.147. The normalized spacial score (nSPS) is 12.0. The molecule has 2 N–H and O–H groups in total. The lowest BCUT2D eigenvalue weighted by molar-refractivity contribution is 0.407. The first-order chi connectivity index (χ1) is 14.1. The van der Waals surface area contributed by atoms with Crippen molar-refractivity contribution in [3.05, 3.63) is 87.3 Å². The predicted molar refractivity (Wildman–Crippen MR) is 124 cm³/mol. The molecule has 0 spiro atoms. The standard InChI is InChI=1S/C23H20IN3O2/c1-14-9-11-25-20(12-14)27-22(18-13-16(24)6-8-19(18)29-2)17-7-5-15-4-3-10-26-21(15)23(17)28/h3-13,22,28H,1-2H3,(H,25,27)/t22-/m0/s1. The van der Waals surface area contributed by atoms with Gasteiger partial charge in [0.25, 0.3) is 0 Å². The second-order valence-corrected chi connectivity index (χ2v) is 8.01. The number of ether oxygens (including phenoxy) is 1. The van der Waals surface area contributed by atoms with Crippen molar-refractivity contribution in [2.24, 2.45) is 0 Å². The number of aryl methyl sites for hydroxylation is 1. The number of anilines is 1. The van der Waals surface area contributed by atoms with Crippen LogP contribution in [0.1, 0.15) is 22.7 Å². The van der Waals surface area contributed by atoms with Gasteiger partial charge in [0.1, 0.15) is 22.8 Å². The monoisotopic (exact) mass is 497 g/mol. The number of pyridine rings is 2. The number of nitrogens with one attached hydrogen (secondary N) is 1. The first-order valence-electron chi connectivity index (χ1n) is 9.16. The average Bonchev–Trinajstić information content (AvgIpc) is 2.73. The van der Waals surface area contributed by atoms with Crippen LogP contribution in [0.25, 0.3) is 10.9 Å². The quantitative estimate of drug-likeness (QED) is 0.359. The van der Waals surface area contributed by atoms with E-state index in [1.165, 1.54) is 0 Å². The highest BCUT2D eigenvalue weighted by atomic mass is 127. The van der Waals surface area contributed by atoms with E-state index >= 15 is 0 Å². The third kappa shape index (κ3) is 3.98. The fraction of sp³-hybridized carbons (Fsp3) is 0.130. The minimum Gasteiger partial charge on any atom is -0.505 e. The summed E-state index contributed by atoms with van der Waals surface area (Å²) < 4.78 is 6.70. The van der Waals surface area contributed by atoms with Crippen LogP contribution >= 0.6 is 22.6 Å². The summed E-state index contributed by atoms with van der Waals surface area (Å²) in [4.78, 5) is 8.82. The molecule has 2 aromatic carbocycles. The van der Waals surface area contributed by atoms with Crippen molar-refractivity contribution in [2.45, 2.75) is 13.0 Å². The molecule has 0 saturated heterocycles. The van der Waals surface area contributed by atoms with E-state index in [-0.39, 0.29) is 11.8 Å². The number of rotatable bonds is 5. The number of methoxy groups -OCH3 is 1. The van der Waals surface area contributed by atoms with Crippen LogP contribution in [0.5, 0.6) is 11.5 Å². The molecule has 0 saturated carbocycles. The Morgan fingerprint density at radius 2 is 1.86 bits per heavy atom. The zero-order chi connectivity index (χ0) is 20.4. The van der Waals surface area contributed by atoms with Gasteiger partial charge in [-0.3, -0.25) is 4.98 Å². The van der Waals surface area contributed by atoms with Crippen LogP contribution in [0.4, 0.5) is 5.82 Å². The van der Waals surface area contributed by atoms with Gasteiger partial charge in [-0.1, -0.05) is 18.2 Å². The number of benzene rings is 2. The molecule has 5 nitrogen and oxygen atoms in total. The molecule has 0 bridgehead atoms. The number of hydrogen-bond acceptors (Lipinski definition) is 5. The van der Waals surface area contributed by atoms with Crippen LogP contribution in [-0.4, -0.2) is 22.2 Å². The highest BCUT2D eigenvalue weighted by molar-refractivity contribution is 14.1. The largest absolute Gasteiger partial charge is 0.505 e. The van der Waals surface area contributed by atoms with Crippen molar-refractivity contribution in [1.29, 1.82) is 0 Å². The van der Waals surface area contributed by atoms with Crippen molar-refractivity contribution in [3.63, 3.8) is 0 Å². The Kier molecular flexibility index (Phi) is 5.53. The highest BCUT2D eigenvalue weighted by Crippen LogP contribution is 2.39. The molecule has 2 heterocycles. The summed E-state index contributed by atoms with van der Waals surface area (Å²) in [6.07, 6.45) is 3.45. The first-order valence-corrected chi connectivity index (χ1v) is 10.2. The Morgan fingerprint density at radius 1 is 1.00 bits per heavy atom. The number of hydrogen-bond donors (Lipinski definition) is 2. The number of phenolic OH excluding ortho intramolecular Hbond substituents is 1. The summed E-state index contributed by atoms with van der Waals surface area (Å²) in [6, 6.07) is 17.2. The Labute approximate surface area is 182 Å². The number of phenols is 1. The van der Waals surface area contributed by atoms with Crippen LogP contribution in [0.15, 0.2) is 67.0 Å². The third-order valence-electron chi connectivity index (χ3n) is 4.80. The fourth-order valence-electron chi connectivity index (χ4n) is 3.40. The van der Waals surface area contributed by atoms with Gasteiger partial charge in [-0.25, -0.2) is 4.98 Å². The maximum Gasteiger partial charge on any atom is 0.147 e. The van der Waals surface area contributed by atoms with Crippen molar-refractivity contribution in [1.82, 2.24) is 9.97 Å². The summed E-state index contributed by atoms with van der Waals surface area (Å²) in [5.41, 5.74) is 3.28. The van der Waals surface area contributed by atoms with Crippen LogP contribution in [0.2, 0.25) is 0 Å². The van der Waals surface area contributed by atoms with E-state index < -0.39 is 0 Å². The smallest absolute Gasteiger partial charge is 0.147 e. The highest BCUT2D eigenvalue weighted by Gasteiger charge is 2.23. The van der Waals surface area contributed by atoms with Crippen molar-refractivity contribution < 1.29 is 9.84 Å². The minimum atomic E-state index is -0.375. The van der Waals surface area contributed by atoms with Crippen LogP contribution in [0.3, 0.4) is 0 Å². The molecule has 146 valence electrons. The molecule has 4 aromatic rings. The SMILES string of the molecule is COc1ccc(I)cc1[C@@H](Nc1cc(C)ccn1)c1ccc2cccnc2c1O. The number of aromatic nitrogens is 2. The van der Waals surface area contributed by atoms with E-state index in [9.17, 15) is 5.11 Å². The maximum absolute atomic E-state index is 11.1. The second kappa shape index (κ2) is 8.24. The number of nitrogens with zero attached hydrogens (tertiary/aromatic N) is 2. The van der Waals surface area contributed by atoms with Gasteiger partial charge in [0.2, 0.25) is 0 Å². The Balaban J connectivity index is 1.91. The van der Waals surface area contributed by atoms with Crippen LogP contribution in [0, 0.1) is 10.5 Å². The van der Waals surface area contributed by atoms with Crippen LogP contribution < -0.4 is 10.1 Å². The molecule has 29 heavy (non-hydrogen) atoms. The Bertz CT molecular complexity index is 1180. The fourth-order valence-corrected chi connectivity index (χ4v) is 3.91. The molecule has 0 amide bonds. The van der Waals surface area contributed by atoms with E-state index in [1.807, 2.05) is 55.5 Å². The topological polar surface area (TPSA) is 67.3 Å². The molecule has 2 aromatic heterocycles. The lowest BCUT2D eigenvalue weighted by Crippen LogP contribution is -2.15. The summed E-state index contributed by atoms with van der Waals surface area (Å²) in [7, 11) is 1.65. The van der Waals surface area contributed by atoms with E-state index in [0.717, 1.165) is 31.7 Å². The molecular weight excluding hydrogens is 477 g/mol. The lowest BCUT2D eigenvalue weighted by atomic mass is 9.95. The van der Waals surface area contributed by atoms with Gasteiger partial charge in [0.05, 0.1) is 13.2 Å². The number of fused-ring (bicyclic) bond motifs is 1. The van der Waals surface area contributed by atoms with Gasteiger partial charge in [0, 0.05) is 32.5 Å². The lowest BCUT2D eigenvalue weighted by Gasteiger charge is -2.24. The molecule has 0 radical (unpaired) electrons. The van der Waals surface area contributed by atoms with E-state index in [1.54, 1.807) is 19.5 Å². The zero-order valence-electron chi connectivity index (χ0n) is 16.1. The zero-order valence-corrected chi connectivity index (χ0v) is 18.2. The van der Waals surface area contributed by atoms with Gasteiger partial charge in [-0.2, -0.15) is 0 Å². The maximum atomic E-state index is 11.1. The van der Waals surface area contributed by atoms with Crippen molar-refractivity contribution >= 4 is 39.3 Å². The number of aromatic hydroxyl groups is 1. The van der Waals surface area contributed by atoms with Gasteiger partial charge < -0.3 is 15.2 Å². The Morgan fingerprint density at radius 3 is 2.66 bits per heavy atom.